The zero-order valence-corrected chi connectivity index (χ0v) is 10.4. The molecule has 1 rings (SSSR count). The van der Waals surface area contributed by atoms with Crippen LogP contribution in [0.2, 0.25) is 0 Å². The van der Waals surface area contributed by atoms with Crippen LogP contribution >= 0.6 is 0 Å². The first kappa shape index (κ1) is 12.0. The fraction of sp³-hybridized carbons (Fsp3) is 1.00. The van der Waals surface area contributed by atoms with Crippen LogP contribution in [0, 0.1) is 11.3 Å². The molecule has 0 aliphatic heterocycles. The minimum absolute atomic E-state index is 0.407. The minimum atomic E-state index is 0.407. The largest absolute Gasteiger partial charge is 0.316 e. The van der Waals surface area contributed by atoms with Crippen LogP contribution in [0.4, 0.5) is 0 Å². The Kier molecular flexibility index (Phi) is 4.43. The lowest BCUT2D eigenvalue weighted by Crippen LogP contribution is -2.44. The zero-order chi connectivity index (χ0) is 10.6. The van der Waals surface area contributed by atoms with Crippen molar-refractivity contribution in [1.29, 1.82) is 0 Å². The Morgan fingerprint density at radius 2 is 1.50 bits per heavy atom. The van der Waals surface area contributed by atoms with E-state index in [1.807, 2.05) is 0 Å². The van der Waals surface area contributed by atoms with E-state index < -0.39 is 0 Å². The molecule has 0 saturated heterocycles. The Bertz CT molecular complexity index is 149. The molecule has 1 unspecified atom stereocenters. The number of nitrogens with one attached hydrogen (secondary N) is 1. The van der Waals surface area contributed by atoms with Crippen LogP contribution in [-0.4, -0.2) is 13.1 Å². The van der Waals surface area contributed by atoms with Gasteiger partial charge in [0.2, 0.25) is 0 Å². The molecule has 0 spiro atoms. The second-order valence-electron chi connectivity index (χ2n) is 5.88. The van der Waals surface area contributed by atoms with Crippen LogP contribution in [0.5, 0.6) is 0 Å². The predicted molar refractivity (Wildman–Crippen MR) is 63.5 cm³/mol. The van der Waals surface area contributed by atoms with Crippen molar-refractivity contribution in [2.45, 2.75) is 65.3 Å². The summed E-state index contributed by atoms with van der Waals surface area (Å²) in [7, 11) is 2.13. The SMILES string of the molecule is CNC(C1CCCCCC1)C(C)(C)C. The lowest BCUT2D eigenvalue weighted by molar-refractivity contribution is 0.187. The van der Waals surface area contributed by atoms with E-state index in [1.54, 1.807) is 0 Å². The van der Waals surface area contributed by atoms with E-state index >= 15 is 0 Å². The summed E-state index contributed by atoms with van der Waals surface area (Å²) in [5.74, 6) is 0.905. The summed E-state index contributed by atoms with van der Waals surface area (Å²) in [6.07, 6.45) is 8.66. The van der Waals surface area contributed by atoms with Gasteiger partial charge in [0.05, 0.1) is 0 Å². The number of rotatable bonds is 2. The molecule has 14 heavy (non-hydrogen) atoms. The monoisotopic (exact) mass is 197 g/mol. The highest BCUT2D eigenvalue weighted by molar-refractivity contribution is 4.86. The maximum absolute atomic E-state index is 3.54. The van der Waals surface area contributed by atoms with Gasteiger partial charge < -0.3 is 5.32 Å². The summed E-state index contributed by atoms with van der Waals surface area (Å²) in [6, 6.07) is 0.695. The summed E-state index contributed by atoms with van der Waals surface area (Å²) in [6.45, 7) is 7.08. The van der Waals surface area contributed by atoms with Crippen LogP contribution in [0.1, 0.15) is 59.3 Å². The summed E-state index contributed by atoms with van der Waals surface area (Å²) < 4.78 is 0. The van der Waals surface area contributed by atoms with Crippen LogP contribution in [0.25, 0.3) is 0 Å². The second kappa shape index (κ2) is 5.16. The molecular formula is C13H27N. The molecule has 0 heterocycles. The molecule has 0 aromatic carbocycles. The van der Waals surface area contributed by atoms with Crippen LogP contribution in [0.15, 0.2) is 0 Å². The minimum Gasteiger partial charge on any atom is -0.316 e. The highest BCUT2D eigenvalue weighted by Gasteiger charge is 2.30. The molecule has 1 atom stereocenters. The molecular weight excluding hydrogens is 170 g/mol. The van der Waals surface area contributed by atoms with Crippen molar-refractivity contribution in [3.8, 4) is 0 Å². The molecule has 84 valence electrons. The Labute approximate surface area is 89.7 Å². The lowest BCUT2D eigenvalue weighted by Gasteiger charge is -2.36. The molecule has 1 nitrogen and oxygen atoms in total. The van der Waals surface area contributed by atoms with Gasteiger partial charge in [0.25, 0.3) is 0 Å². The van der Waals surface area contributed by atoms with Crippen molar-refractivity contribution in [3.05, 3.63) is 0 Å². The van der Waals surface area contributed by atoms with Crippen LogP contribution in [-0.2, 0) is 0 Å². The Morgan fingerprint density at radius 1 is 1.00 bits per heavy atom. The number of hydrogen-bond donors (Lipinski definition) is 1. The first-order valence-electron chi connectivity index (χ1n) is 6.23. The number of hydrogen-bond acceptors (Lipinski definition) is 1. The summed E-state index contributed by atoms with van der Waals surface area (Å²) in [4.78, 5) is 0. The van der Waals surface area contributed by atoms with E-state index in [0.717, 1.165) is 5.92 Å². The van der Waals surface area contributed by atoms with Crippen molar-refractivity contribution in [2.75, 3.05) is 7.05 Å². The Balaban J connectivity index is 2.58. The molecule has 0 aromatic rings. The van der Waals surface area contributed by atoms with Crippen molar-refractivity contribution in [2.24, 2.45) is 11.3 Å². The van der Waals surface area contributed by atoms with Crippen molar-refractivity contribution in [1.82, 2.24) is 5.32 Å². The van der Waals surface area contributed by atoms with Gasteiger partial charge in [-0.25, -0.2) is 0 Å². The third kappa shape index (κ3) is 3.27. The maximum atomic E-state index is 3.54. The van der Waals surface area contributed by atoms with Gasteiger partial charge in [-0.3, -0.25) is 0 Å². The molecule has 0 amide bonds. The third-order valence-corrected chi connectivity index (χ3v) is 3.62. The van der Waals surface area contributed by atoms with E-state index in [0.29, 0.717) is 11.5 Å². The molecule has 0 bridgehead atoms. The fourth-order valence-corrected chi connectivity index (χ4v) is 3.02. The highest BCUT2D eigenvalue weighted by atomic mass is 14.9. The lowest BCUT2D eigenvalue weighted by atomic mass is 9.76. The first-order valence-corrected chi connectivity index (χ1v) is 6.23. The van der Waals surface area contributed by atoms with Crippen LogP contribution < -0.4 is 5.32 Å². The average Bonchev–Trinajstić information content (AvgIpc) is 2.31. The molecule has 1 saturated carbocycles. The van der Waals surface area contributed by atoms with E-state index in [-0.39, 0.29) is 0 Å². The Morgan fingerprint density at radius 3 is 1.86 bits per heavy atom. The van der Waals surface area contributed by atoms with Gasteiger partial charge in [-0.2, -0.15) is 0 Å². The standard InChI is InChI=1S/C13H27N/c1-13(2,3)12(14-4)11-9-7-5-6-8-10-11/h11-12,14H,5-10H2,1-4H3. The third-order valence-electron chi connectivity index (χ3n) is 3.62. The maximum Gasteiger partial charge on any atom is 0.0141 e. The normalized spacial score (nSPS) is 23.1. The van der Waals surface area contributed by atoms with Gasteiger partial charge in [0, 0.05) is 6.04 Å². The molecule has 1 heteroatoms. The quantitative estimate of drug-likeness (QED) is 0.667. The highest BCUT2D eigenvalue weighted by Crippen LogP contribution is 2.33. The topological polar surface area (TPSA) is 12.0 Å². The Hall–Kier alpha value is -0.0400. The van der Waals surface area contributed by atoms with E-state index in [4.69, 9.17) is 0 Å². The smallest absolute Gasteiger partial charge is 0.0141 e. The van der Waals surface area contributed by atoms with Gasteiger partial charge >= 0.3 is 0 Å². The molecule has 1 fully saturated rings. The summed E-state index contributed by atoms with van der Waals surface area (Å²) in [5, 5.41) is 3.54. The molecule has 1 N–H and O–H groups in total. The first-order chi connectivity index (χ1) is 6.55. The van der Waals surface area contributed by atoms with Crippen LogP contribution in [0.3, 0.4) is 0 Å². The zero-order valence-electron chi connectivity index (χ0n) is 10.4. The van der Waals surface area contributed by atoms with E-state index in [9.17, 15) is 0 Å². The predicted octanol–water partition coefficient (Wildman–Crippen LogP) is 3.59. The van der Waals surface area contributed by atoms with Crippen molar-refractivity contribution >= 4 is 0 Å². The molecule has 0 aromatic heterocycles. The second-order valence-corrected chi connectivity index (χ2v) is 5.88. The summed E-state index contributed by atoms with van der Waals surface area (Å²) >= 11 is 0. The molecule has 0 radical (unpaired) electrons. The van der Waals surface area contributed by atoms with E-state index in [2.05, 4.69) is 33.1 Å². The van der Waals surface area contributed by atoms with Gasteiger partial charge in [0.15, 0.2) is 0 Å². The average molecular weight is 197 g/mol. The fourth-order valence-electron chi connectivity index (χ4n) is 3.02. The van der Waals surface area contributed by atoms with Gasteiger partial charge in [-0.05, 0) is 31.2 Å². The van der Waals surface area contributed by atoms with Gasteiger partial charge in [-0.1, -0.05) is 46.5 Å². The van der Waals surface area contributed by atoms with Crippen molar-refractivity contribution < 1.29 is 0 Å². The van der Waals surface area contributed by atoms with Gasteiger partial charge in [-0.15, -0.1) is 0 Å². The molecule has 1 aliphatic rings. The summed E-state index contributed by atoms with van der Waals surface area (Å²) in [5.41, 5.74) is 0.407. The van der Waals surface area contributed by atoms with E-state index in [1.165, 1.54) is 38.5 Å². The van der Waals surface area contributed by atoms with Gasteiger partial charge in [0.1, 0.15) is 0 Å². The molecule has 1 aliphatic carbocycles. The van der Waals surface area contributed by atoms with Crippen molar-refractivity contribution in [3.63, 3.8) is 0 Å².